The van der Waals surface area contributed by atoms with Crippen LogP contribution in [0.3, 0.4) is 0 Å². The lowest BCUT2D eigenvalue weighted by Gasteiger charge is -2.12. The summed E-state index contributed by atoms with van der Waals surface area (Å²) in [5, 5.41) is 3.73. The second kappa shape index (κ2) is 6.29. The van der Waals surface area contributed by atoms with Gasteiger partial charge in [0.25, 0.3) is 0 Å². The molecule has 5 nitrogen and oxygen atoms in total. The Kier molecular flexibility index (Phi) is 4.11. The van der Waals surface area contributed by atoms with Gasteiger partial charge in [-0.15, -0.1) is 0 Å². The highest BCUT2D eigenvalue weighted by Gasteiger charge is 2.24. The third-order valence-electron chi connectivity index (χ3n) is 4.22. The molecule has 2 aromatic carbocycles. The normalized spacial score (nSPS) is 15.9. The van der Waals surface area contributed by atoms with Gasteiger partial charge in [0, 0.05) is 29.5 Å². The minimum absolute atomic E-state index is 0.120. The fourth-order valence-corrected chi connectivity index (χ4v) is 3.18. The topological polar surface area (TPSA) is 73.1 Å². The predicted molar refractivity (Wildman–Crippen MR) is 96.5 cm³/mol. The Morgan fingerprint density at radius 1 is 1.28 bits per heavy atom. The molecular weight excluding hydrogens is 366 g/mol. The van der Waals surface area contributed by atoms with Gasteiger partial charge in [-0.3, -0.25) is 0 Å². The van der Waals surface area contributed by atoms with Crippen molar-refractivity contribution in [3.63, 3.8) is 0 Å². The average Bonchev–Trinajstić information content (AvgIpc) is 3.02. The molecule has 3 N–H and O–H groups in total. The maximum Gasteiger partial charge on any atom is 0.166 e. The molecule has 4 rings (SSSR count). The van der Waals surface area contributed by atoms with Gasteiger partial charge in [-0.25, -0.2) is 14.4 Å². The zero-order valence-corrected chi connectivity index (χ0v) is 14.4. The monoisotopic (exact) mass is 378 g/mol. The molecule has 0 fully saturated rings. The van der Waals surface area contributed by atoms with Gasteiger partial charge in [-0.05, 0) is 18.2 Å². The van der Waals surface area contributed by atoms with E-state index in [9.17, 15) is 4.39 Å². The van der Waals surface area contributed by atoms with Crippen LogP contribution >= 0.6 is 23.2 Å². The number of anilines is 2. The largest absolute Gasteiger partial charge is 0.493 e. The van der Waals surface area contributed by atoms with E-state index in [0.717, 1.165) is 16.7 Å². The Bertz CT molecular complexity index is 983. The van der Waals surface area contributed by atoms with Crippen LogP contribution in [-0.2, 0) is 0 Å². The fourth-order valence-electron chi connectivity index (χ4n) is 2.87. The van der Waals surface area contributed by atoms with Crippen molar-refractivity contribution >= 4 is 45.6 Å². The number of hydrogen-bond acceptors (Lipinski definition) is 5. The van der Waals surface area contributed by atoms with Crippen LogP contribution in [0.5, 0.6) is 5.75 Å². The molecule has 0 amide bonds. The molecule has 1 atom stereocenters. The van der Waals surface area contributed by atoms with Crippen molar-refractivity contribution in [3.8, 4) is 5.75 Å². The van der Waals surface area contributed by atoms with E-state index >= 15 is 0 Å². The molecule has 1 unspecified atom stereocenters. The van der Waals surface area contributed by atoms with E-state index in [-0.39, 0.29) is 21.7 Å². The summed E-state index contributed by atoms with van der Waals surface area (Å²) in [6.07, 6.45) is 1.40. The SMILES string of the molecule is NCC1COc2cc3ncnc(Nc4ccc(Cl)c(Cl)c4F)c3cc21. The Morgan fingerprint density at radius 3 is 2.92 bits per heavy atom. The molecular formula is C17H13Cl2FN4O. The van der Waals surface area contributed by atoms with Gasteiger partial charge in [-0.2, -0.15) is 0 Å². The van der Waals surface area contributed by atoms with E-state index in [1.54, 1.807) is 0 Å². The molecule has 128 valence electrons. The number of hydrogen-bond donors (Lipinski definition) is 2. The number of halogens is 3. The number of rotatable bonds is 3. The van der Waals surface area contributed by atoms with E-state index in [2.05, 4.69) is 15.3 Å². The van der Waals surface area contributed by atoms with Crippen LogP contribution < -0.4 is 15.8 Å². The predicted octanol–water partition coefficient (Wildman–Crippen LogP) is 4.25. The first-order chi connectivity index (χ1) is 12.1. The first-order valence-electron chi connectivity index (χ1n) is 7.60. The number of nitrogens with zero attached hydrogens (tertiary/aromatic N) is 2. The van der Waals surface area contributed by atoms with Crippen LogP contribution in [0.15, 0.2) is 30.6 Å². The molecule has 1 aliphatic rings. The summed E-state index contributed by atoms with van der Waals surface area (Å²) in [6, 6.07) is 6.82. The van der Waals surface area contributed by atoms with E-state index in [0.29, 0.717) is 24.5 Å². The number of ether oxygens (including phenoxy) is 1. The van der Waals surface area contributed by atoms with Crippen LogP contribution in [-0.4, -0.2) is 23.1 Å². The highest BCUT2D eigenvalue weighted by atomic mass is 35.5. The Morgan fingerprint density at radius 2 is 2.12 bits per heavy atom. The van der Waals surface area contributed by atoms with Gasteiger partial charge in [0.2, 0.25) is 0 Å². The summed E-state index contributed by atoms with van der Waals surface area (Å²) < 4.78 is 20.0. The van der Waals surface area contributed by atoms with Crippen molar-refractivity contribution in [2.75, 3.05) is 18.5 Å². The summed E-state index contributed by atoms with van der Waals surface area (Å²) in [7, 11) is 0. The minimum Gasteiger partial charge on any atom is -0.493 e. The molecule has 0 aliphatic carbocycles. The fraction of sp³-hybridized carbons (Fsp3) is 0.176. The Balaban J connectivity index is 1.82. The summed E-state index contributed by atoms with van der Waals surface area (Å²) >= 11 is 11.7. The second-order valence-corrected chi connectivity index (χ2v) is 6.51. The Hall–Kier alpha value is -2.15. The van der Waals surface area contributed by atoms with Crippen molar-refractivity contribution in [1.82, 2.24) is 9.97 Å². The molecule has 8 heteroatoms. The second-order valence-electron chi connectivity index (χ2n) is 5.72. The Labute approximate surface area is 152 Å². The van der Waals surface area contributed by atoms with E-state index in [1.165, 1.54) is 18.5 Å². The number of aromatic nitrogens is 2. The maximum absolute atomic E-state index is 14.3. The van der Waals surface area contributed by atoms with Crippen molar-refractivity contribution in [2.45, 2.75) is 5.92 Å². The molecule has 1 aliphatic heterocycles. The van der Waals surface area contributed by atoms with Gasteiger partial charge < -0.3 is 15.8 Å². The minimum atomic E-state index is -0.634. The molecule has 0 bridgehead atoms. The van der Waals surface area contributed by atoms with Gasteiger partial charge in [0.1, 0.15) is 17.9 Å². The summed E-state index contributed by atoms with van der Waals surface area (Å²) in [5.41, 5.74) is 7.67. The molecule has 2 heterocycles. The third-order valence-corrected chi connectivity index (χ3v) is 5.00. The van der Waals surface area contributed by atoms with Crippen LogP contribution in [0.2, 0.25) is 10.0 Å². The van der Waals surface area contributed by atoms with Crippen LogP contribution in [0, 0.1) is 5.82 Å². The number of fused-ring (bicyclic) bond motifs is 2. The average molecular weight is 379 g/mol. The van der Waals surface area contributed by atoms with Crippen molar-refractivity contribution in [1.29, 1.82) is 0 Å². The summed E-state index contributed by atoms with van der Waals surface area (Å²) in [5.74, 6) is 0.723. The third kappa shape index (κ3) is 2.76. The number of nitrogens with one attached hydrogen (secondary N) is 1. The van der Waals surface area contributed by atoms with Gasteiger partial charge in [0.05, 0.1) is 27.9 Å². The standard InChI is InChI=1S/C17H13Cl2FN4O/c18-11-1-2-12(16(20)15(11)19)24-17-10-3-9-8(5-21)6-25-14(9)4-13(10)22-7-23-17/h1-4,7-8H,5-6,21H2,(H,22,23,24). The molecule has 1 aromatic heterocycles. The molecule has 0 saturated carbocycles. The van der Waals surface area contributed by atoms with E-state index < -0.39 is 5.82 Å². The summed E-state index contributed by atoms with van der Waals surface area (Å²) in [4.78, 5) is 8.50. The zero-order chi connectivity index (χ0) is 17.6. The van der Waals surface area contributed by atoms with Crippen LogP contribution in [0.4, 0.5) is 15.9 Å². The molecule has 0 radical (unpaired) electrons. The van der Waals surface area contributed by atoms with Crippen molar-refractivity contribution < 1.29 is 9.13 Å². The van der Waals surface area contributed by atoms with Crippen molar-refractivity contribution in [3.05, 3.63) is 52.0 Å². The van der Waals surface area contributed by atoms with E-state index in [1.807, 2.05) is 12.1 Å². The first-order valence-corrected chi connectivity index (χ1v) is 8.36. The zero-order valence-electron chi connectivity index (χ0n) is 12.9. The van der Waals surface area contributed by atoms with Gasteiger partial charge >= 0.3 is 0 Å². The van der Waals surface area contributed by atoms with Gasteiger partial charge in [0.15, 0.2) is 5.82 Å². The molecule has 3 aromatic rings. The lowest BCUT2D eigenvalue weighted by Crippen LogP contribution is -2.13. The maximum atomic E-state index is 14.3. The lowest BCUT2D eigenvalue weighted by atomic mass is 9.99. The van der Waals surface area contributed by atoms with Crippen molar-refractivity contribution in [2.24, 2.45) is 5.73 Å². The molecule has 0 saturated heterocycles. The quantitative estimate of drug-likeness (QED) is 0.666. The van der Waals surface area contributed by atoms with Crippen LogP contribution in [0.1, 0.15) is 11.5 Å². The summed E-state index contributed by atoms with van der Waals surface area (Å²) in [6.45, 7) is 1.02. The van der Waals surface area contributed by atoms with Gasteiger partial charge in [-0.1, -0.05) is 23.2 Å². The highest BCUT2D eigenvalue weighted by Crippen LogP contribution is 2.38. The first kappa shape index (κ1) is 16.3. The lowest BCUT2D eigenvalue weighted by molar-refractivity contribution is 0.333. The number of nitrogens with two attached hydrogens (primary N) is 1. The molecule has 25 heavy (non-hydrogen) atoms. The smallest absolute Gasteiger partial charge is 0.166 e. The highest BCUT2D eigenvalue weighted by molar-refractivity contribution is 6.42. The van der Waals surface area contributed by atoms with E-state index in [4.69, 9.17) is 33.7 Å². The van der Waals surface area contributed by atoms with Crippen LogP contribution in [0.25, 0.3) is 10.9 Å². The number of benzene rings is 2. The molecule has 0 spiro atoms.